The van der Waals surface area contributed by atoms with Crippen LogP contribution in [0.25, 0.3) is 33.6 Å². The van der Waals surface area contributed by atoms with Crippen LogP contribution in [0, 0.1) is 0 Å². The highest BCUT2D eigenvalue weighted by atomic mass is 35.5. The van der Waals surface area contributed by atoms with E-state index in [4.69, 9.17) is 32.9 Å². The van der Waals surface area contributed by atoms with Crippen LogP contribution in [0.15, 0.2) is 60.8 Å². The largest absolute Gasteiger partial charge is 0.481 e. The van der Waals surface area contributed by atoms with E-state index in [0.29, 0.717) is 46.8 Å². The van der Waals surface area contributed by atoms with Crippen molar-refractivity contribution in [1.82, 2.24) is 25.9 Å². The summed E-state index contributed by atoms with van der Waals surface area (Å²) in [5.41, 5.74) is 8.09. The summed E-state index contributed by atoms with van der Waals surface area (Å²) in [6, 6.07) is 18.2. The molecule has 6 rings (SSSR count). The maximum atomic E-state index is 11.5. The molecule has 2 aliphatic heterocycles. The molecule has 1 atom stereocenters. The van der Waals surface area contributed by atoms with Crippen LogP contribution in [0.4, 0.5) is 5.69 Å². The van der Waals surface area contributed by atoms with Crippen molar-refractivity contribution in [3.63, 3.8) is 0 Å². The Labute approximate surface area is 261 Å². The summed E-state index contributed by atoms with van der Waals surface area (Å²) < 4.78 is 5.64. The summed E-state index contributed by atoms with van der Waals surface area (Å²) in [6.07, 6.45) is 3.21. The monoisotopic (exact) mass is 616 g/mol. The van der Waals surface area contributed by atoms with E-state index in [9.17, 15) is 4.79 Å². The summed E-state index contributed by atoms with van der Waals surface area (Å²) >= 11 is 14.1. The Hall–Kier alpha value is -3.69. The number of hydrogen-bond donors (Lipinski definition) is 3. The number of halogens is 2. The first-order valence-electron chi connectivity index (χ1n) is 14.5. The molecule has 1 fully saturated rings. The maximum Gasteiger partial charge on any atom is 0.220 e. The predicted octanol–water partition coefficient (Wildman–Crippen LogP) is 5.70. The number of anilines is 1. The smallest absolute Gasteiger partial charge is 0.220 e. The van der Waals surface area contributed by atoms with Gasteiger partial charge >= 0.3 is 0 Å². The molecule has 0 spiro atoms. The third-order valence-corrected chi connectivity index (χ3v) is 8.88. The van der Waals surface area contributed by atoms with Gasteiger partial charge in [-0.2, -0.15) is 0 Å². The molecule has 222 valence electrons. The third-order valence-electron chi connectivity index (χ3n) is 8.09. The first-order chi connectivity index (χ1) is 20.9. The summed E-state index contributed by atoms with van der Waals surface area (Å²) in [7, 11) is 3.72. The minimum Gasteiger partial charge on any atom is -0.481 e. The predicted molar refractivity (Wildman–Crippen MR) is 173 cm³/mol. The van der Waals surface area contributed by atoms with E-state index in [0.717, 1.165) is 53.9 Å². The molecule has 1 amide bonds. The topological polar surface area (TPSA) is 91.4 Å². The van der Waals surface area contributed by atoms with Gasteiger partial charge in [-0.15, -0.1) is 0 Å². The Kier molecular flexibility index (Phi) is 8.81. The molecule has 10 heteroatoms. The number of carbonyl (C=O) groups excluding carboxylic acids is 1. The molecule has 0 aliphatic carbocycles. The number of nitrogens with zero attached hydrogens (tertiary/aromatic N) is 3. The molecule has 2 aliphatic rings. The van der Waals surface area contributed by atoms with E-state index < -0.39 is 0 Å². The van der Waals surface area contributed by atoms with Gasteiger partial charge in [0.25, 0.3) is 0 Å². The number of fused-ring (bicyclic) bond motifs is 1. The number of nitrogens with one attached hydrogen (secondary N) is 3. The number of hydrogen-bond acceptors (Lipinski definition) is 7. The zero-order chi connectivity index (χ0) is 29.9. The Bertz CT molecular complexity index is 1660. The van der Waals surface area contributed by atoms with E-state index >= 15 is 0 Å². The standard InChI is InChI=1S/C33H34Cl2N6O2/c1-41-15-14-36-17-21-7-6-20(16-28(21)41)32-31(35)25(12-13-38-32)24-4-3-5-26(30(24)34)27-10-8-22(33(40-27)43-2)18-37-19-23-9-11-29(42)39-23/h3-8,10,12-13,16,23,36-37H,9,11,14-15,17-19H2,1-2H3,(H,39,42). The second-order valence-electron chi connectivity index (χ2n) is 10.9. The van der Waals surface area contributed by atoms with Crippen molar-refractivity contribution < 1.29 is 9.53 Å². The minimum atomic E-state index is 0.110. The summed E-state index contributed by atoms with van der Waals surface area (Å²) in [4.78, 5) is 23.2. The zero-order valence-electron chi connectivity index (χ0n) is 24.2. The first-order valence-corrected chi connectivity index (χ1v) is 15.2. The normalized spacial score (nSPS) is 16.5. The number of amides is 1. The van der Waals surface area contributed by atoms with Crippen molar-refractivity contribution in [2.75, 3.05) is 38.7 Å². The van der Waals surface area contributed by atoms with Crippen LogP contribution in [-0.2, 0) is 17.9 Å². The zero-order valence-corrected chi connectivity index (χ0v) is 25.7. The van der Waals surface area contributed by atoms with Crippen molar-refractivity contribution in [2.24, 2.45) is 0 Å². The Balaban J connectivity index is 1.28. The third kappa shape index (κ3) is 6.19. The number of rotatable bonds is 8. The molecule has 2 aromatic heterocycles. The van der Waals surface area contributed by atoms with Gasteiger partial charge in [-0.3, -0.25) is 9.78 Å². The number of ether oxygens (including phenoxy) is 1. The molecule has 43 heavy (non-hydrogen) atoms. The summed E-state index contributed by atoms with van der Waals surface area (Å²) in [5.74, 6) is 0.632. The van der Waals surface area contributed by atoms with Gasteiger partial charge in [0.2, 0.25) is 11.8 Å². The first kappa shape index (κ1) is 29.4. The lowest BCUT2D eigenvalue weighted by Gasteiger charge is -2.20. The Morgan fingerprint density at radius 1 is 1.07 bits per heavy atom. The summed E-state index contributed by atoms with van der Waals surface area (Å²) in [5, 5.41) is 10.9. The average Bonchev–Trinajstić information content (AvgIpc) is 3.35. The van der Waals surface area contributed by atoms with Gasteiger partial charge in [-0.1, -0.05) is 59.6 Å². The van der Waals surface area contributed by atoms with Crippen molar-refractivity contribution in [1.29, 1.82) is 0 Å². The van der Waals surface area contributed by atoms with E-state index in [1.807, 2.05) is 36.4 Å². The molecule has 1 saturated heterocycles. The molecule has 0 bridgehead atoms. The van der Waals surface area contributed by atoms with Crippen molar-refractivity contribution in [3.8, 4) is 39.5 Å². The van der Waals surface area contributed by atoms with Gasteiger partial charge < -0.3 is 25.6 Å². The van der Waals surface area contributed by atoms with E-state index in [2.05, 4.69) is 51.1 Å². The molecule has 0 saturated carbocycles. The molecule has 4 aromatic rings. The van der Waals surface area contributed by atoms with Crippen molar-refractivity contribution >= 4 is 34.8 Å². The lowest BCUT2D eigenvalue weighted by atomic mass is 9.99. The number of carbonyl (C=O) groups is 1. The van der Waals surface area contributed by atoms with Crippen molar-refractivity contribution in [3.05, 3.63) is 82.0 Å². The fourth-order valence-electron chi connectivity index (χ4n) is 5.74. The van der Waals surface area contributed by atoms with Crippen LogP contribution in [0.5, 0.6) is 5.88 Å². The van der Waals surface area contributed by atoms with Gasteiger partial charge in [0.15, 0.2) is 0 Å². The van der Waals surface area contributed by atoms with Crippen molar-refractivity contribution in [2.45, 2.75) is 32.0 Å². The number of methoxy groups -OCH3 is 1. The molecule has 2 aromatic carbocycles. The van der Waals surface area contributed by atoms with E-state index in [1.54, 1.807) is 13.3 Å². The van der Waals surface area contributed by atoms with Gasteiger partial charge in [-0.25, -0.2) is 4.98 Å². The lowest BCUT2D eigenvalue weighted by molar-refractivity contribution is -0.119. The molecule has 0 radical (unpaired) electrons. The van der Waals surface area contributed by atoms with Crippen LogP contribution >= 0.6 is 23.2 Å². The number of likely N-dealkylation sites (N-methyl/N-ethyl adjacent to an activating group) is 1. The highest BCUT2D eigenvalue weighted by molar-refractivity contribution is 6.39. The highest BCUT2D eigenvalue weighted by Gasteiger charge is 2.21. The van der Waals surface area contributed by atoms with Gasteiger partial charge in [-0.05, 0) is 30.2 Å². The van der Waals surface area contributed by atoms with Gasteiger partial charge in [0.1, 0.15) is 0 Å². The quantitative estimate of drug-likeness (QED) is 0.234. The number of benzene rings is 2. The van der Waals surface area contributed by atoms with Crippen LogP contribution in [-0.4, -0.2) is 55.7 Å². The minimum absolute atomic E-state index is 0.110. The maximum absolute atomic E-state index is 11.5. The Morgan fingerprint density at radius 3 is 2.72 bits per heavy atom. The lowest BCUT2D eigenvalue weighted by Crippen LogP contribution is -2.35. The van der Waals surface area contributed by atoms with E-state index in [-0.39, 0.29) is 11.9 Å². The molecule has 8 nitrogen and oxygen atoms in total. The number of pyridine rings is 2. The van der Waals surface area contributed by atoms with Gasteiger partial charge in [0, 0.05) is 91.9 Å². The van der Waals surface area contributed by atoms with Crippen LogP contribution in [0.1, 0.15) is 24.0 Å². The second-order valence-corrected chi connectivity index (χ2v) is 11.7. The van der Waals surface area contributed by atoms with Crippen LogP contribution < -0.4 is 25.6 Å². The second kappa shape index (κ2) is 12.9. The highest BCUT2D eigenvalue weighted by Crippen LogP contribution is 2.42. The van der Waals surface area contributed by atoms with Crippen LogP contribution in [0.3, 0.4) is 0 Å². The molecule has 4 heterocycles. The fourth-order valence-corrected chi connectivity index (χ4v) is 6.39. The SMILES string of the molecule is COc1nc(-c2cccc(-c3ccnc(-c4ccc5c(c4)N(C)CCNC5)c3Cl)c2Cl)ccc1CNCC1CCC(=O)N1. The molecule has 3 N–H and O–H groups in total. The number of aromatic nitrogens is 2. The summed E-state index contributed by atoms with van der Waals surface area (Å²) in [6.45, 7) is 3.96. The molecule has 1 unspecified atom stereocenters. The van der Waals surface area contributed by atoms with Gasteiger partial charge in [0.05, 0.1) is 28.5 Å². The fraction of sp³-hybridized carbons (Fsp3) is 0.303. The van der Waals surface area contributed by atoms with E-state index in [1.165, 1.54) is 11.3 Å². The molecular weight excluding hydrogens is 583 g/mol. The average molecular weight is 618 g/mol. The van der Waals surface area contributed by atoms with Crippen LogP contribution in [0.2, 0.25) is 10.0 Å². The molecular formula is C33H34Cl2N6O2. The Morgan fingerprint density at radius 2 is 1.91 bits per heavy atom.